The zero-order chi connectivity index (χ0) is 32.2. The number of amides is 2. The maximum absolute atomic E-state index is 13.8. The second-order valence-corrected chi connectivity index (χ2v) is 14.8. The number of carbonyl (C=O) groups is 2. The summed E-state index contributed by atoms with van der Waals surface area (Å²) in [6.45, 7) is 4.57. The number of hydrogen-bond donors (Lipinski definition) is 0. The molecule has 2 aliphatic heterocycles. The second kappa shape index (κ2) is 14.7. The van der Waals surface area contributed by atoms with Crippen molar-refractivity contribution < 1.29 is 9.59 Å². The molecule has 46 heavy (non-hydrogen) atoms. The molecular formula is C42H56N2O2. The summed E-state index contributed by atoms with van der Waals surface area (Å²) in [5.74, 6) is 2.84. The van der Waals surface area contributed by atoms with Gasteiger partial charge in [0.05, 0.1) is 22.5 Å². The number of benzene rings is 2. The van der Waals surface area contributed by atoms with E-state index >= 15 is 0 Å². The first-order valence-electron chi connectivity index (χ1n) is 18.7. The van der Waals surface area contributed by atoms with Crippen molar-refractivity contribution in [2.45, 2.75) is 128 Å². The minimum Gasteiger partial charge on any atom is -0.310 e. The normalized spacial score (nSPS) is 25.2. The first-order chi connectivity index (χ1) is 22.4. The van der Waals surface area contributed by atoms with Crippen LogP contribution in [0.2, 0.25) is 0 Å². The smallest absolute Gasteiger partial charge is 0.261 e. The van der Waals surface area contributed by atoms with Gasteiger partial charge in [0.25, 0.3) is 11.8 Å². The quantitative estimate of drug-likeness (QED) is 0.222. The summed E-state index contributed by atoms with van der Waals surface area (Å²) in [6.07, 6.45) is 21.3. The lowest BCUT2D eigenvalue weighted by Gasteiger charge is -2.29. The van der Waals surface area contributed by atoms with Crippen molar-refractivity contribution in [3.05, 3.63) is 81.9 Å². The van der Waals surface area contributed by atoms with Crippen LogP contribution in [-0.2, 0) is 9.59 Å². The first-order valence-corrected chi connectivity index (χ1v) is 18.7. The Morgan fingerprint density at radius 1 is 0.522 bits per heavy atom. The lowest BCUT2D eigenvalue weighted by molar-refractivity contribution is -0.123. The number of nitrogens with zero attached hydrogens (tertiary/aromatic N) is 2. The summed E-state index contributed by atoms with van der Waals surface area (Å²) >= 11 is 0. The fourth-order valence-electron chi connectivity index (χ4n) is 8.96. The summed E-state index contributed by atoms with van der Waals surface area (Å²) in [5.41, 5.74) is 7.26. The third-order valence-corrected chi connectivity index (χ3v) is 11.9. The van der Waals surface area contributed by atoms with Crippen LogP contribution in [0.4, 0.5) is 0 Å². The van der Waals surface area contributed by atoms with Gasteiger partial charge in [-0.05, 0) is 97.3 Å². The van der Waals surface area contributed by atoms with Crippen molar-refractivity contribution in [1.82, 2.24) is 9.80 Å². The number of rotatable bonds is 12. The van der Waals surface area contributed by atoms with Gasteiger partial charge >= 0.3 is 0 Å². The highest BCUT2D eigenvalue weighted by atomic mass is 16.2. The van der Waals surface area contributed by atoms with Crippen LogP contribution >= 0.6 is 0 Å². The molecule has 2 fully saturated rings. The average molecular weight is 621 g/mol. The van der Waals surface area contributed by atoms with Crippen LogP contribution in [0.3, 0.4) is 0 Å². The molecule has 2 aliphatic carbocycles. The molecule has 0 spiro atoms. The maximum atomic E-state index is 13.8. The molecule has 2 heterocycles. The van der Waals surface area contributed by atoms with Crippen molar-refractivity contribution in [3.8, 4) is 0 Å². The summed E-state index contributed by atoms with van der Waals surface area (Å²) in [6, 6.07) is 17.5. The van der Waals surface area contributed by atoms with Gasteiger partial charge in [0.2, 0.25) is 0 Å². The van der Waals surface area contributed by atoms with Crippen LogP contribution in [0.5, 0.6) is 0 Å². The Balaban J connectivity index is 1.17. The first kappa shape index (κ1) is 32.8. The fourth-order valence-corrected chi connectivity index (χ4v) is 8.96. The minimum absolute atomic E-state index is 0.0892. The van der Waals surface area contributed by atoms with E-state index < -0.39 is 0 Å². The highest BCUT2D eigenvalue weighted by Crippen LogP contribution is 2.46. The number of hydrogen-bond acceptors (Lipinski definition) is 2. The van der Waals surface area contributed by atoms with Crippen molar-refractivity contribution in [1.29, 1.82) is 0 Å². The molecule has 6 rings (SSSR count). The molecule has 4 nitrogen and oxygen atoms in total. The summed E-state index contributed by atoms with van der Waals surface area (Å²) in [5, 5.41) is 0. The van der Waals surface area contributed by atoms with E-state index in [-0.39, 0.29) is 11.8 Å². The molecule has 0 N–H and O–H groups in total. The molecule has 2 aromatic rings. The summed E-state index contributed by atoms with van der Waals surface area (Å²) < 4.78 is 0. The van der Waals surface area contributed by atoms with Crippen molar-refractivity contribution in [2.24, 2.45) is 11.8 Å². The number of likely N-dealkylation sites (N-methyl/N-ethyl adjacent to an activating group) is 2. The molecule has 2 saturated carbocycles. The molecule has 0 unspecified atom stereocenters. The third-order valence-electron chi connectivity index (χ3n) is 11.9. The standard InChI is InChI=1S/C42H56N2O2/c1-5-7-9-11-29-13-17-31(18-14-29)33-21-25-35(26-22-33)39-37-38(42(46)43(39)3)40(44(4)41(37)45)36-27-23-34(24-28-36)32-19-15-30(16-20-32)12-10-8-6-2/h21-32H,5-20H2,1-4H3. The Morgan fingerprint density at radius 3 is 1.20 bits per heavy atom. The van der Waals surface area contributed by atoms with E-state index in [0.717, 1.165) is 34.4 Å². The molecule has 0 radical (unpaired) electrons. The number of unbranched alkanes of at least 4 members (excludes halogenated alkanes) is 4. The Morgan fingerprint density at radius 2 is 0.870 bits per heavy atom. The van der Waals surface area contributed by atoms with Gasteiger partial charge in [-0.3, -0.25) is 9.59 Å². The lowest BCUT2D eigenvalue weighted by atomic mass is 9.77. The predicted molar refractivity (Wildman–Crippen MR) is 190 cm³/mol. The molecule has 0 bridgehead atoms. The molecule has 0 saturated heterocycles. The Labute approximate surface area is 278 Å². The van der Waals surface area contributed by atoms with E-state index in [0.29, 0.717) is 23.0 Å². The van der Waals surface area contributed by atoms with Gasteiger partial charge in [0, 0.05) is 14.1 Å². The highest BCUT2D eigenvalue weighted by molar-refractivity contribution is 6.30. The molecule has 2 aromatic carbocycles. The SMILES string of the molecule is CCCCCC1CCC(c2ccc(C3=C4C(=O)N(C)C(c5ccc(C6CCC(CCCCC)CC6)cc5)=C4C(=O)N3C)cc2)CC1. The van der Waals surface area contributed by atoms with Crippen LogP contribution < -0.4 is 0 Å². The van der Waals surface area contributed by atoms with Crippen molar-refractivity contribution in [3.63, 3.8) is 0 Å². The van der Waals surface area contributed by atoms with E-state index in [4.69, 9.17) is 0 Å². The summed E-state index contributed by atoms with van der Waals surface area (Å²) in [7, 11) is 3.63. The van der Waals surface area contributed by atoms with Crippen LogP contribution in [-0.4, -0.2) is 35.7 Å². The molecule has 0 atom stereocenters. The van der Waals surface area contributed by atoms with Crippen molar-refractivity contribution >= 4 is 23.2 Å². The Bertz CT molecular complexity index is 1320. The fraction of sp³-hybridized carbons (Fsp3) is 0.571. The number of carbonyl (C=O) groups excluding carboxylic acids is 2. The maximum Gasteiger partial charge on any atom is 0.261 e. The van der Waals surface area contributed by atoms with Gasteiger partial charge in [-0.2, -0.15) is 0 Å². The van der Waals surface area contributed by atoms with Crippen molar-refractivity contribution in [2.75, 3.05) is 14.1 Å². The van der Waals surface area contributed by atoms with Crippen LogP contribution in [0.1, 0.15) is 151 Å². The van der Waals surface area contributed by atoms with Gasteiger partial charge in [-0.15, -0.1) is 0 Å². The third kappa shape index (κ3) is 6.64. The Kier molecular flexibility index (Phi) is 10.5. The van der Waals surface area contributed by atoms with E-state index in [1.807, 2.05) is 14.1 Å². The Hall–Kier alpha value is -3.14. The van der Waals surface area contributed by atoms with E-state index in [2.05, 4.69) is 62.4 Å². The van der Waals surface area contributed by atoms with Gasteiger partial charge in [-0.1, -0.05) is 114 Å². The van der Waals surface area contributed by atoms with Gasteiger partial charge in [0.15, 0.2) is 0 Å². The highest BCUT2D eigenvalue weighted by Gasteiger charge is 2.46. The predicted octanol–water partition coefficient (Wildman–Crippen LogP) is 10.5. The van der Waals surface area contributed by atoms with Gasteiger partial charge < -0.3 is 9.80 Å². The molecule has 0 aromatic heterocycles. The van der Waals surface area contributed by atoms with Crippen LogP contribution in [0.15, 0.2) is 59.7 Å². The molecule has 2 amide bonds. The van der Waals surface area contributed by atoms with E-state index in [1.54, 1.807) is 9.80 Å². The average Bonchev–Trinajstić information content (AvgIpc) is 3.50. The molecular weight excluding hydrogens is 564 g/mol. The van der Waals surface area contributed by atoms with Crippen LogP contribution in [0.25, 0.3) is 11.4 Å². The van der Waals surface area contributed by atoms with E-state index in [1.165, 1.54) is 114 Å². The minimum atomic E-state index is -0.0892. The topological polar surface area (TPSA) is 40.6 Å². The number of fused-ring (bicyclic) bond motifs is 1. The largest absolute Gasteiger partial charge is 0.310 e. The van der Waals surface area contributed by atoms with Gasteiger partial charge in [-0.25, -0.2) is 0 Å². The van der Waals surface area contributed by atoms with Gasteiger partial charge in [0.1, 0.15) is 0 Å². The molecule has 246 valence electrons. The zero-order valence-electron chi connectivity index (χ0n) is 29.0. The second-order valence-electron chi connectivity index (χ2n) is 14.8. The van der Waals surface area contributed by atoms with E-state index in [9.17, 15) is 9.59 Å². The lowest BCUT2D eigenvalue weighted by Crippen LogP contribution is -2.25. The molecule has 4 heteroatoms. The zero-order valence-corrected chi connectivity index (χ0v) is 29.0. The summed E-state index contributed by atoms with van der Waals surface area (Å²) in [4.78, 5) is 30.9. The van der Waals surface area contributed by atoms with Crippen LogP contribution in [0, 0.1) is 11.8 Å². The monoisotopic (exact) mass is 620 g/mol. The molecule has 4 aliphatic rings.